The number of rotatable bonds is 4. The van der Waals surface area contributed by atoms with Crippen LogP contribution in [0, 0.1) is 0 Å². The second kappa shape index (κ2) is 5.74. The van der Waals surface area contributed by atoms with Crippen LogP contribution in [0.4, 0.5) is 5.69 Å². The molecule has 0 saturated heterocycles. The summed E-state index contributed by atoms with van der Waals surface area (Å²) in [5.41, 5.74) is 2.84. The van der Waals surface area contributed by atoms with E-state index >= 15 is 0 Å². The standard InChI is InChI=1S/C16H18N2O2/c1-10(2)12-4-6-14(7-5-12)18-16(20)15-8-13(9-17-15)11(3)19/h4-10,17H,1-3H3,(H,18,20). The van der Waals surface area contributed by atoms with Gasteiger partial charge in [0.1, 0.15) is 5.69 Å². The summed E-state index contributed by atoms with van der Waals surface area (Å²) in [6.45, 7) is 5.71. The van der Waals surface area contributed by atoms with Gasteiger partial charge in [-0.15, -0.1) is 0 Å². The fourth-order valence-electron chi connectivity index (χ4n) is 1.88. The fourth-order valence-corrected chi connectivity index (χ4v) is 1.88. The number of ketones is 1. The molecule has 0 atom stereocenters. The summed E-state index contributed by atoms with van der Waals surface area (Å²) in [7, 11) is 0. The van der Waals surface area contributed by atoms with Crippen LogP contribution in [0.2, 0.25) is 0 Å². The van der Waals surface area contributed by atoms with Crippen molar-refractivity contribution in [1.82, 2.24) is 4.98 Å². The van der Waals surface area contributed by atoms with Gasteiger partial charge < -0.3 is 10.3 Å². The van der Waals surface area contributed by atoms with E-state index in [9.17, 15) is 9.59 Å². The van der Waals surface area contributed by atoms with Crippen LogP contribution in [0.1, 0.15) is 53.1 Å². The Balaban J connectivity index is 2.08. The van der Waals surface area contributed by atoms with E-state index in [1.807, 2.05) is 24.3 Å². The predicted molar refractivity (Wildman–Crippen MR) is 79.3 cm³/mol. The molecule has 0 radical (unpaired) electrons. The molecule has 0 aliphatic heterocycles. The first-order chi connectivity index (χ1) is 9.47. The number of anilines is 1. The Hall–Kier alpha value is -2.36. The maximum atomic E-state index is 12.0. The van der Waals surface area contributed by atoms with Crippen molar-refractivity contribution in [1.29, 1.82) is 0 Å². The first-order valence-electron chi connectivity index (χ1n) is 6.58. The Labute approximate surface area is 118 Å². The SMILES string of the molecule is CC(=O)c1c[nH]c(C(=O)Nc2ccc(C(C)C)cc2)c1. The Kier molecular flexibility index (Phi) is 4.03. The number of amides is 1. The highest BCUT2D eigenvalue weighted by atomic mass is 16.2. The summed E-state index contributed by atoms with van der Waals surface area (Å²) in [6, 6.07) is 9.30. The largest absolute Gasteiger partial charge is 0.356 e. The minimum absolute atomic E-state index is 0.0680. The monoisotopic (exact) mass is 270 g/mol. The lowest BCUT2D eigenvalue weighted by atomic mass is 10.0. The fraction of sp³-hybridized carbons (Fsp3) is 0.250. The number of nitrogens with one attached hydrogen (secondary N) is 2. The van der Waals surface area contributed by atoms with Crippen LogP contribution in [0.15, 0.2) is 36.5 Å². The molecule has 104 valence electrons. The van der Waals surface area contributed by atoms with E-state index in [1.54, 1.807) is 12.3 Å². The molecule has 4 nitrogen and oxygen atoms in total. The van der Waals surface area contributed by atoms with Gasteiger partial charge in [0.05, 0.1) is 0 Å². The molecule has 0 unspecified atom stereocenters. The summed E-state index contributed by atoms with van der Waals surface area (Å²) >= 11 is 0. The zero-order chi connectivity index (χ0) is 14.7. The van der Waals surface area contributed by atoms with Gasteiger partial charge in [-0.25, -0.2) is 0 Å². The lowest BCUT2D eigenvalue weighted by molar-refractivity contribution is 0.101. The molecule has 0 spiro atoms. The van der Waals surface area contributed by atoms with Crippen LogP contribution in [0.5, 0.6) is 0 Å². The summed E-state index contributed by atoms with van der Waals surface area (Å²) < 4.78 is 0. The van der Waals surface area contributed by atoms with Crippen molar-refractivity contribution < 1.29 is 9.59 Å². The van der Waals surface area contributed by atoms with Gasteiger partial charge in [-0.2, -0.15) is 0 Å². The number of carbonyl (C=O) groups is 2. The summed E-state index contributed by atoms with van der Waals surface area (Å²) in [5.74, 6) is 0.137. The number of H-pyrrole nitrogens is 1. The summed E-state index contributed by atoms with van der Waals surface area (Å²) in [6.07, 6.45) is 1.54. The third kappa shape index (κ3) is 3.15. The van der Waals surface area contributed by atoms with E-state index in [0.29, 0.717) is 17.2 Å². The zero-order valence-corrected chi connectivity index (χ0v) is 11.9. The van der Waals surface area contributed by atoms with Gasteiger partial charge in [0.25, 0.3) is 5.91 Å². The van der Waals surface area contributed by atoms with Gasteiger partial charge in [0, 0.05) is 17.4 Å². The highest BCUT2D eigenvalue weighted by Gasteiger charge is 2.11. The number of carbonyl (C=O) groups excluding carboxylic acids is 2. The first-order valence-corrected chi connectivity index (χ1v) is 6.58. The Morgan fingerprint density at radius 1 is 1.15 bits per heavy atom. The number of aromatic amines is 1. The molecule has 0 aliphatic rings. The van der Waals surface area contributed by atoms with Crippen molar-refractivity contribution in [2.24, 2.45) is 0 Å². The molecule has 2 rings (SSSR count). The van der Waals surface area contributed by atoms with Crippen LogP contribution in [-0.4, -0.2) is 16.7 Å². The summed E-state index contributed by atoms with van der Waals surface area (Å²) in [5, 5.41) is 2.80. The number of Topliss-reactive ketones (excluding diaryl/α,β-unsaturated/α-hetero) is 1. The molecule has 1 heterocycles. The highest BCUT2D eigenvalue weighted by Crippen LogP contribution is 2.17. The molecule has 0 bridgehead atoms. The molecule has 2 aromatic rings. The molecular weight excluding hydrogens is 252 g/mol. The molecule has 1 aromatic heterocycles. The number of hydrogen-bond acceptors (Lipinski definition) is 2. The lowest BCUT2D eigenvalue weighted by Crippen LogP contribution is -2.12. The van der Waals surface area contributed by atoms with E-state index in [4.69, 9.17) is 0 Å². The van der Waals surface area contributed by atoms with E-state index in [2.05, 4.69) is 24.1 Å². The van der Waals surface area contributed by atoms with Crippen molar-refractivity contribution in [2.75, 3.05) is 5.32 Å². The number of benzene rings is 1. The molecule has 20 heavy (non-hydrogen) atoms. The van der Waals surface area contributed by atoms with Gasteiger partial charge in [0.15, 0.2) is 5.78 Å². The maximum Gasteiger partial charge on any atom is 0.272 e. The smallest absolute Gasteiger partial charge is 0.272 e. The quantitative estimate of drug-likeness (QED) is 0.834. The van der Waals surface area contributed by atoms with Crippen molar-refractivity contribution >= 4 is 17.4 Å². The van der Waals surface area contributed by atoms with Gasteiger partial charge >= 0.3 is 0 Å². The van der Waals surface area contributed by atoms with Gasteiger partial charge in [-0.1, -0.05) is 26.0 Å². The topological polar surface area (TPSA) is 62.0 Å². The zero-order valence-electron chi connectivity index (χ0n) is 11.9. The van der Waals surface area contributed by atoms with Crippen LogP contribution >= 0.6 is 0 Å². The average Bonchev–Trinajstić information content (AvgIpc) is 2.89. The lowest BCUT2D eigenvalue weighted by Gasteiger charge is -2.07. The predicted octanol–water partition coefficient (Wildman–Crippen LogP) is 3.59. The Morgan fingerprint density at radius 2 is 1.80 bits per heavy atom. The highest BCUT2D eigenvalue weighted by molar-refractivity contribution is 6.05. The molecular formula is C16H18N2O2. The van der Waals surface area contributed by atoms with Crippen molar-refractivity contribution in [3.05, 3.63) is 53.3 Å². The van der Waals surface area contributed by atoms with Gasteiger partial charge in [-0.3, -0.25) is 9.59 Å². The van der Waals surface area contributed by atoms with Crippen LogP contribution in [0.25, 0.3) is 0 Å². The number of hydrogen-bond donors (Lipinski definition) is 2. The summed E-state index contributed by atoms with van der Waals surface area (Å²) in [4.78, 5) is 26.0. The minimum atomic E-state index is -0.255. The van der Waals surface area contributed by atoms with E-state index in [1.165, 1.54) is 12.5 Å². The molecule has 0 aliphatic carbocycles. The van der Waals surface area contributed by atoms with Crippen molar-refractivity contribution in [3.8, 4) is 0 Å². The van der Waals surface area contributed by atoms with Crippen molar-refractivity contribution in [3.63, 3.8) is 0 Å². The Bertz CT molecular complexity index is 624. The first kappa shape index (κ1) is 14.1. The molecule has 1 amide bonds. The van der Waals surface area contributed by atoms with Gasteiger partial charge in [0.2, 0.25) is 0 Å². The molecule has 1 aromatic carbocycles. The normalized spacial score (nSPS) is 10.6. The third-order valence-electron chi connectivity index (χ3n) is 3.17. The van der Waals surface area contributed by atoms with E-state index < -0.39 is 0 Å². The van der Waals surface area contributed by atoms with E-state index in [-0.39, 0.29) is 11.7 Å². The van der Waals surface area contributed by atoms with E-state index in [0.717, 1.165) is 5.69 Å². The number of aromatic nitrogens is 1. The van der Waals surface area contributed by atoms with Crippen LogP contribution in [0.3, 0.4) is 0 Å². The third-order valence-corrected chi connectivity index (χ3v) is 3.17. The van der Waals surface area contributed by atoms with Crippen LogP contribution < -0.4 is 5.32 Å². The molecule has 2 N–H and O–H groups in total. The second-order valence-electron chi connectivity index (χ2n) is 5.09. The van der Waals surface area contributed by atoms with Crippen molar-refractivity contribution in [2.45, 2.75) is 26.7 Å². The molecule has 4 heteroatoms. The molecule has 0 saturated carbocycles. The van der Waals surface area contributed by atoms with Crippen LogP contribution in [-0.2, 0) is 0 Å². The second-order valence-corrected chi connectivity index (χ2v) is 5.09. The van der Waals surface area contributed by atoms with Gasteiger partial charge in [-0.05, 0) is 36.6 Å². The minimum Gasteiger partial charge on any atom is -0.356 e. The average molecular weight is 270 g/mol. The maximum absolute atomic E-state index is 12.0. The Morgan fingerprint density at radius 3 is 2.30 bits per heavy atom. The molecule has 0 fully saturated rings.